The first-order chi connectivity index (χ1) is 8.29. The quantitative estimate of drug-likeness (QED) is 0.897. The Balaban J connectivity index is 1.94. The number of nitrogens with zero attached hydrogens (tertiary/aromatic N) is 1. The number of rotatable bonds is 5. The molecule has 1 unspecified atom stereocenters. The van der Waals surface area contributed by atoms with Crippen molar-refractivity contribution in [2.24, 2.45) is 0 Å². The molecule has 0 bridgehead atoms. The van der Waals surface area contributed by atoms with Gasteiger partial charge in [-0.1, -0.05) is 13.0 Å². The van der Waals surface area contributed by atoms with Crippen LogP contribution >= 0.6 is 27.3 Å². The molecule has 0 spiro atoms. The zero-order chi connectivity index (χ0) is 12.1. The van der Waals surface area contributed by atoms with Crippen molar-refractivity contribution in [3.05, 3.63) is 50.9 Å². The van der Waals surface area contributed by atoms with Gasteiger partial charge in [0, 0.05) is 28.1 Å². The Hall–Kier alpha value is -0.710. The molecule has 4 heteroatoms. The monoisotopic (exact) mass is 310 g/mol. The van der Waals surface area contributed by atoms with Gasteiger partial charge in [0.05, 0.1) is 5.69 Å². The van der Waals surface area contributed by atoms with E-state index in [4.69, 9.17) is 0 Å². The van der Waals surface area contributed by atoms with E-state index in [-0.39, 0.29) is 0 Å². The van der Waals surface area contributed by atoms with Crippen LogP contribution in [0.2, 0.25) is 0 Å². The van der Waals surface area contributed by atoms with Crippen molar-refractivity contribution in [3.63, 3.8) is 0 Å². The summed E-state index contributed by atoms with van der Waals surface area (Å²) in [5, 5.41) is 5.66. The summed E-state index contributed by atoms with van der Waals surface area (Å²) in [6.45, 7) is 3.01. The van der Waals surface area contributed by atoms with Crippen LogP contribution in [-0.4, -0.2) is 4.98 Å². The van der Waals surface area contributed by atoms with Gasteiger partial charge in [-0.05, 0) is 45.9 Å². The van der Waals surface area contributed by atoms with E-state index in [1.165, 1.54) is 4.88 Å². The molecule has 0 fully saturated rings. The summed E-state index contributed by atoms with van der Waals surface area (Å²) in [6.07, 6.45) is 2.93. The lowest BCUT2D eigenvalue weighted by molar-refractivity contribution is 0.521. The number of pyridine rings is 1. The van der Waals surface area contributed by atoms with Crippen LogP contribution in [0.4, 0.5) is 0 Å². The average Bonchev–Trinajstić information content (AvgIpc) is 2.86. The van der Waals surface area contributed by atoms with Crippen molar-refractivity contribution in [2.45, 2.75) is 25.9 Å². The van der Waals surface area contributed by atoms with Gasteiger partial charge >= 0.3 is 0 Å². The van der Waals surface area contributed by atoms with E-state index in [1.54, 1.807) is 11.3 Å². The summed E-state index contributed by atoms with van der Waals surface area (Å²) >= 11 is 5.19. The van der Waals surface area contributed by atoms with Crippen LogP contribution in [0.3, 0.4) is 0 Å². The number of nitrogens with one attached hydrogen (secondary N) is 1. The number of aromatic nitrogens is 1. The van der Waals surface area contributed by atoms with Crippen LogP contribution in [0.1, 0.15) is 30.0 Å². The first-order valence-corrected chi connectivity index (χ1v) is 7.34. The van der Waals surface area contributed by atoms with Gasteiger partial charge in [0.15, 0.2) is 0 Å². The Morgan fingerprint density at radius 1 is 1.41 bits per heavy atom. The van der Waals surface area contributed by atoms with Gasteiger partial charge in [0.2, 0.25) is 0 Å². The zero-order valence-corrected chi connectivity index (χ0v) is 12.1. The van der Waals surface area contributed by atoms with Crippen molar-refractivity contribution in [2.75, 3.05) is 0 Å². The minimum atomic E-state index is 0.431. The fourth-order valence-electron chi connectivity index (χ4n) is 1.67. The minimum Gasteiger partial charge on any atom is -0.304 e. The molecule has 1 N–H and O–H groups in total. The van der Waals surface area contributed by atoms with Gasteiger partial charge in [-0.15, -0.1) is 11.3 Å². The third-order valence-electron chi connectivity index (χ3n) is 2.61. The van der Waals surface area contributed by atoms with Crippen LogP contribution < -0.4 is 5.32 Å². The zero-order valence-electron chi connectivity index (χ0n) is 9.69. The summed E-state index contributed by atoms with van der Waals surface area (Å²) in [6, 6.07) is 8.78. The summed E-state index contributed by atoms with van der Waals surface area (Å²) < 4.78 is 1.02. The van der Waals surface area contributed by atoms with E-state index in [2.05, 4.69) is 50.7 Å². The number of thiophene rings is 1. The second kappa shape index (κ2) is 6.28. The van der Waals surface area contributed by atoms with E-state index in [9.17, 15) is 0 Å². The summed E-state index contributed by atoms with van der Waals surface area (Å²) in [5.41, 5.74) is 1.07. The molecular formula is C13H15BrN2S. The molecule has 0 saturated carbocycles. The largest absolute Gasteiger partial charge is 0.304 e. The molecular weight excluding hydrogens is 296 g/mol. The molecule has 0 aliphatic carbocycles. The van der Waals surface area contributed by atoms with E-state index in [1.807, 2.05) is 18.3 Å². The Labute approximate surface area is 114 Å². The topological polar surface area (TPSA) is 24.9 Å². The lowest BCUT2D eigenvalue weighted by atomic mass is 10.2. The first kappa shape index (κ1) is 12.7. The van der Waals surface area contributed by atoms with Crippen molar-refractivity contribution in [3.8, 4) is 0 Å². The lowest BCUT2D eigenvalue weighted by Gasteiger charge is -2.14. The van der Waals surface area contributed by atoms with Gasteiger partial charge < -0.3 is 5.32 Å². The Morgan fingerprint density at radius 2 is 2.29 bits per heavy atom. The molecule has 2 nitrogen and oxygen atoms in total. The van der Waals surface area contributed by atoms with Crippen LogP contribution in [0.5, 0.6) is 0 Å². The molecule has 17 heavy (non-hydrogen) atoms. The first-order valence-electron chi connectivity index (χ1n) is 5.67. The van der Waals surface area contributed by atoms with Gasteiger partial charge in [-0.25, -0.2) is 0 Å². The summed E-state index contributed by atoms with van der Waals surface area (Å²) in [7, 11) is 0. The second-order valence-corrected chi connectivity index (χ2v) is 5.72. The normalized spacial score (nSPS) is 12.6. The maximum Gasteiger partial charge on any atom is 0.0542 e. The van der Waals surface area contributed by atoms with Crippen LogP contribution in [0.25, 0.3) is 0 Å². The Kier molecular flexibility index (Phi) is 4.71. The standard InChI is InChI=1S/C13H15BrN2S/c1-2-12(13-4-3-7-17-13)16-9-11-6-5-10(14)8-15-11/h3-8,12,16H,2,9H2,1H3. The highest BCUT2D eigenvalue weighted by molar-refractivity contribution is 9.10. The number of halogens is 1. The third kappa shape index (κ3) is 3.63. The third-order valence-corrected chi connectivity index (χ3v) is 4.07. The maximum atomic E-state index is 4.36. The number of hydrogen-bond acceptors (Lipinski definition) is 3. The fraction of sp³-hybridized carbons (Fsp3) is 0.308. The molecule has 90 valence electrons. The smallest absolute Gasteiger partial charge is 0.0542 e. The summed E-state index contributed by atoms with van der Waals surface area (Å²) in [5.74, 6) is 0. The predicted octanol–water partition coefficient (Wildman–Crippen LogP) is 4.15. The molecule has 1 atom stereocenters. The van der Waals surface area contributed by atoms with Crippen LogP contribution in [-0.2, 0) is 6.54 Å². The Bertz CT molecular complexity index is 439. The number of hydrogen-bond donors (Lipinski definition) is 1. The highest BCUT2D eigenvalue weighted by Gasteiger charge is 2.09. The highest BCUT2D eigenvalue weighted by Crippen LogP contribution is 2.21. The molecule has 2 aromatic heterocycles. The minimum absolute atomic E-state index is 0.431. The molecule has 0 radical (unpaired) electrons. The highest BCUT2D eigenvalue weighted by atomic mass is 79.9. The molecule has 2 rings (SSSR count). The molecule has 0 aliphatic rings. The van der Waals surface area contributed by atoms with E-state index < -0.39 is 0 Å². The van der Waals surface area contributed by atoms with Crippen molar-refractivity contribution >= 4 is 27.3 Å². The predicted molar refractivity (Wildman–Crippen MR) is 76.1 cm³/mol. The molecule has 0 aliphatic heterocycles. The summed E-state index contributed by atoms with van der Waals surface area (Å²) in [4.78, 5) is 5.75. The average molecular weight is 311 g/mol. The van der Waals surface area contributed by atoms with Crippen molar-refractivity contribution in [1.29, 1.82) is 0 Å². The second-order valence-electron chi connectivity index (χ2n) is 3.82. The molecule has 0 amide bonds. The maximum absolute atomic E-state index is 4.36. The molecule has 2 heterocycles. The Morgan fingerprint density at radius 3 is 2.88 bits per heavy atom. The molecule has 0 aromatic carbocycles. The fourth-order valence-corrected chi connectivity index (χ4v) is 2.79. The van der Waals surface area contributed by atoms with Crippen molar-refractivity contribution < 1.29 is 0 Å². The van der Waals surface area contributed by atoms with E-state index >= 15 is 0 Å². The van der Waals surface area contributed by atoms with Gasteiger partial charge in [-0.3, -0.25) is 4.98 Å². The van der Waals surface area contributed by atoms with E-state index in [0.717, 1.165) is 23.1 Å². The van der Waals surface area contributed by atoms with E-state index in [0.29, 0.717) is 6.04 Å². The van der Waals surface area contributed by atoms with Crippen LogP contribution in [0.15, 0.2) is 40.3 Å². The van der Waals surface area contributed by atoms with Crippen LogP contribution in [0, 0.1) is 0 Å². The van der Waals surface area contributed by atoms with Gasteiger partial charge in [0.1, 0.15) is 0 Å². The van der Waals surface area contributed by atoms with Gasteiger partial charge in [0.25, 0.3) is 0 Å². The van der Waals surface area contributed by atoms with Gasteiger partial charge in [-0.2, -0.15) is 0 Å². The molecule has 2 aromatic rings. The lowest BCUT2D eigenvalue weighted by Crippen LogP contribution is -2.19. The van der Waals surface area contributed by atoms with Crippen molar-refractivity contribution in [1.82, 2.24) is 10.3 Å². The SMILES string of the molecule is CCC(NCc1ccc(Br)cn1)c1cccs1. The molecule has 0 saturated heterocycles.